The van der Waals surface area contributed by atoms with E-state index in [4.69, 9.17) is 4.74 Å². The van der Waals surface area contributed by atoms with Gasteiger partial charge in [-0.25, -0.2) is 14.8 Å². The van der Waals surface area contributed by atoms with Crippen LogP contribution in [0.3, 0.4) is 0 Å². The van der Waals surface area contributed by atoms with Gasteiger partial charge in [0.1, 0.15) is 18.0 Å². The quantitative estimate of drug-likeness (QED) is 0.727. The summed E-state index contributed by atoms with van der Waals surface area (Å²) in [7, 11) is 1.37. The molecule has 0 spiro atoms. The Morgan fingerprint density at radius 1 is 1.12 bits per heavy atom. The lowest BCUT2D eigenvalue weighted by molar-refractivity contribution is 0.0601. The van der Waals surface area contributed by atoms with E-state index in [0.29, 0.717) is 11.4 Å². The molecule has 2 heterocycles. The van der Waals surface area contributed by atoms with E-state index in [1.807, 2.05) is 24.3 Å². The van der Waals surface area contributed by atoms with Crippen molar-refractivity contribution < 1.29 is 9.53 Å². The number of esters is 1. The minimum Gasteiger partial charge on any atom is -0.465 e. The normalized spacial score (nSPS) is 12.6. The third-order valence-corrected chi connectivity index (χ3v) is 4.39. The highest BCUT2D eigenvalue weighted by atomic mass is 16.5. The molecule has 0 saturated heterocycles. The van der Waals surface area contributed by atoms with Crippen LogP contribution in [-0.4, -0.2) is 29.6 Å². The highest BCUT2D eigenvalue weighted by Gasteiger charge is 2.21. The highest BCUT2D eigenvalue weighted by molar-refractivity contribution is 5.89. The Hall–Kier alpha value is -3.41. The fourth-order valence-corrected chi connectivity index (χ4v) is 3.09. The van der Waals surface area contributed by atoms with Crippen molar-refractivity contribution in [2.24, 2.45) is 0 Å². The lowest BCUT2D eigenvalue weighted by atomic mass is 10.2. The first-order valence-corrected chi connectivity index (χ1v) is 8.37. The van der Waals surface area contributed by atoms with Crippen LogP contribution in [0.25, 0.3) is 0 Å². The molecule has 0 saturated carbocycles. The van der Waals surface area contributed by atoms with Gasteiger partial charge in [-0.1, -0.05) is 18.2 Å². The summed E-state index contributed by atoms with van der Waals surface area (Å²) in [6, 6.07) is 17.4. The summed E-state index contributed by atoms with van der Waals surface area (Å²) >= 11 is 0. The first kappa shape index (κ1) is 16.1. The Balaban J connectivity index is 1.54. The molecule has 3 aromatic rings. The summed E-state index contributed by atoms with van der Waals surface area (Å²) in [5.41, 5.74) is 3.87. The lowest BCUT2D eigenvalue weighted by Gasteiger charge is -2.18. The minimum atomic E-state index is -0.353. The van der Waals surface area contributed by atoms with Crippen LogP contribution < -0.4 is 10.2 Å². The molecule has 0 radical (unpaired) electrons. The van der Waals surface area contributed by atoms with Gasteiger partial charge in [0.25, 0.3) is 0 Å². The number of carbonyl (C=O) groups is 1. The van der Waals surface area contributed by atoms with Crippen molar-refractivity contribution in [3.8, 4) is 0 Å². The molecule has 1 aliphatic rings. The van der Waals surface area contributed by atoms with Gasteiger partial charge in [0.15, 0.2) is 0 Å². The second kappa shape index (κ2) is 6.84. The molecule has 0 unspecified atom stereocenters. The number of hydrogen-bond acceptors (Lipinski definition) is 6. The predicted molar refractivity (Wildman–Crippen MR) is 100 cm³/mol. The average Bonchev–Trinajstić information content (AvgIpc) is 3.12. The van der Waals surface area contributed by atoms with E-state index >= 15 is 0 Å². The van der Waals surface area contributed by atoms with Crippen molar-refractivity contribution in [2.75, 3.05) is 23.9 Å². The predicted octanol–water partition coefficient (Wildman–Crippen LogP) is 3.70. The van der Waals surface area contributed by atoms with Crippen molar-refractivity contribution in [1.82, 2.24) is 9.97 Å². The second-order valence-corrected chi connectivity index (χ2v) is 5.99. The molecule has 4 rings (SSSR count). The number of aromatic nitrogens is 2. The van der Waals surface area contributed by atoms with Gasteiger partial charge >= 0.3 is 5.97 Å². The van der Waals surface area contributed by atoms with Gasteiger partial charge in [-0.15, -0.1) is 0 Å². The van der Waals surface area contributed by atoms with Crippen LogP contribution in [0.1, 0.15) is 15.9 Å². The first-order valence-electron chi connectivity index (χ1n) is 8.37. The zero-order chi connectivity index (χ0) is 17.9. The van der Waals surface area contributed by atoms with Gasteiger partial charge in [-0.3, -0.25) is 0 Å². The van der Waals surface area contributed by atoms with E-state index in [1.165, 1.54) is 18.4 Å². The van der Waals surface area contributed by atoms with E-state index in [9.17, 15) is 4.79 Å². The summed E-state index contributed by atoms with van der Waals surface area (Å²) in [6.45, 7) is 0.906. The standard InChI is InChI=1S/C20H18N4O2/c1-26-20(25)15-6-8-16(9-7-15)23-18-12-19(22-13-21-18)24-11-10-14-4-2-3-5-17(14)24/h2-9,12-13H,10-11H2,1H3,(H,21,22,23). The largest absolute Gasteiger partial charge is 0.465 e. The minimum absolute atomic E-state index is 0.353. The fourth-order valence-electron chi connectivity index (χ4n) is 3.09. The molecule has 0 atom stereocenters. The molecule has 2 aromatic carbocycles. The SMILES string of the molecule is COC(=O)c1ccc(Nc2cc(N3CCc4ccccc43)ncn2)cc1. The molecule has 26 heavy (non-hydrogen) atoms. The van der Waals surface area contributed by atoms with Crippen LogP contribution in [0.2, 0.25) is 0 Å². The molecule has 1 aromatic heterocycles. The molecule has 0 fully saturated rings. The zero-order valence-electron chi connectivity index (χ0n) is 14.3. The molecule has 1 N–H and O–H groups in total. The maximum atomic E-state index is 11.5. The van der Waals surface area contributed by atoms with E-state index < -0.39 is 0 Å². The van der Waals surface area contributed by atoms with Crippen LogP contribution in [0, 0.1) is 0 Å². The number of fused-ring (bicyclic) bond motifs is 1. The molecule has 130 valence electrons. The average molecular weight is 346 g/mol. The monoisotopic (exact) mass is 346 g/mol. The number of hydrogen-bond donors (Lipinski definition) is 1. The van der Waals surface area contributed by atoms with E-state index in [1.54, 1.807) is 18.5 Å². The van der Waals surface area contributed by atoms with Crippen molar-refractivity contribution in [3.05, 3.63) is 72.1 Å². The fraction of sp³-hybridized carbons (Fsp3) is 0.150. The number of ether oxygens (including phenoxy) is 1. The third-order valence-electron chi connectivity index (χ3n) is 4.39. The molecule has 0 amide bonds. The Labute approximate surface area is 151 Å². The number of nitrogens with zero attached hydrogens (tertiary/aromatic N) is 3. The third kappa shape index (κ3) is 3.09. The molecule has 1 aliphatic heterocycles. The van der Waals surface area contributed by atoms with E-state index in [2.05, 4.69) is 38.4 Å². The molecule has 6 heteroatoms. The molecular formula is C20H18N4O2. The van der Waals surface area contributed by atoms with Crippen LogP contribution in [0.4, 0.5) is 23.0 Å². The number of carbonyl (C=O) groups excluding carboxylic acids is 1. The first-order chi connectivity index (χ1) is 12.7. The topological polar surface area (TPSA) is 67.3 Å². The summed E-state index contributed by atoms with van der Waals surface area (Å²) in [5, 5.41) is 3.25. The Morgan fingerprint density at radius 2 is 1.92 bits per heavy atom. The summed E-state index contributed by atoms with van der Waals surface area (Å²) in [4.78, 5) is 22.4. The number of para-hydroxylation sites is 1. The molecule has 0 bridgehead atoms. The van der Waals surface area contributed by atoms with Crippen LogP contribution in [-0.2, 0) is 11.2 Å². The molecule has 6 nitrogen and oxygen atoms in total. The van der Waals surface area contributed by atoms with Crippen molar-refractivity contribution in [1.29, 1.82) is 0 Å². The number of methoxy groups -OCH3 is 1. The lowest BCUT2D eigenvalue weighted by Crippen LogP contribution is -2.15. The Morgan fingerprint density at radius 3 is 2.73 bits per heavy atom. The van der Waals surface area contributed by atoms with Crippen molar-refractivity contribution in [3.63, 3.8) is 0 Å². The number of rotatable bonds is 4. The van der Waals surface area contributed by atoms with E-state index in [0.717, 1.165) is 24.5 Å². The highest BCUT2D eigenvalue weighted by Crippen LogP contribution is 2.33. The number of anilines is 4. The molecular weight excluding hydrogens is 328 g/mol. The van der Waals surface area contributed by atoms with Gasteiger partial charge in [0.05, 0.1) is 12.7 Å². The smallest absolute Gasteiger partial charge is 0.337 e. The van der Waals surface area contributed by atoms with Gasteiger partial charge in [-0.05, 0) is 42.3 Å². The second-order valence-electron chi connectivity index (χ2n) is 5.99. The molecule has 0 aliphatic carbocycles. The van der Waals surface area contributed by atoms with Crippen LogP contribution in [0.15, 0.2) is 60.9 Å². The van der Waals surface area contributed by atoms with Gasteiger partial charge in [0.2, 0.25) is 0 Å². The van der Waals surface area contributed by atoms with Gasteiger partial charge < -0.3 is 15.0 Å². The van der Waals surface area contributed by atoms with Crippen molar-refractivity contribution >= 4 is 29.0 Å². The Bertz CT molecular complexity index is 941. The van der Waals surface area contributed by atoms with Crippen LogP contribution in [0.5, 0.6) is 0 Å². The summed E-state index contributed by atoms with van der Waals surface area (Å²) < 4.78 is 4.71. The summed E-state index contributed by atoms with van der Waals surface area (Å²) in [6.07, 6.45) is 2.57. The maximum absolute atomic E-state index is 11.5. The summed E-state index contributed by atoms with van der Waals surface area (Å²) in [5.74, 6) is 1.21. The zero-order valence-corrected chi connectivity index (χ0v) is 14.3. The Kier molecular flexibility index (Phi) is 4.23. The maximum Gasteiger partial charge on any atom is 0.337 e. The van der Waals surface area contributed by atoms with E-state index in [-0.39, 0.29) is 5.97 Å². The van der Waals surface area contributed by atoms with Crippen LogP contribution >= 0.6 is 0 Å². The number of benzene rings is 2. The van der Waals surface area contributed by atoms with Gasteiger partial charge in [0, 0.05) is 24.0 Å². The van der Waals surface area contributed by atoms with Gasteiger partial charge in [-0.2, -0.15) is 0 Å². The van der Waals surface area contributed by atoms with Crippen molar-refractivity contribution in [2.45, 2.75) is 6.42 Å². The number of nitrogens with one attached hydrogen (secondary N) is 1.